The van der Waals surface area contributed by atoms with Gasteiger partial charge in [0.05, 0.1) is 0 Å². The zero-order valence-electron chi connectivity index (χ0n) is 14.3. The Morgan fingerprint density at radius 3 is 1.36 bits per heavy atom. The summed E-state index contributed by atoms with van der Waals surface area (Å²) < 4.78 is 0. The first-order valence-corrected chi connectivity index (χ1v) is 8.54. The Bertz CT molecular complexity index is 714. The molecule has 3 aromatic carbocycles. The van der Waals surface area contributed by atoms with Gasteiger partial charge in [-0.2, -0.15) is 0 Å². The molecule has 0 bridgehead atoms. The van der Waals surface area contributed by atoms with Gasteiger partial charge in [-0.1, -0.05) is 97.9 Å². The van der Waals surface area contributed by atoms with E-state index in [1.165, 1.54) is 0 Å². The molecule has 3 rings (SSSR count). The van der Waals surface area contributed by atoms with Crippen LogP contribution in [0, 0.1) is 5.92 Å². The van der Waals surface area contributed by atoms with Crippen molar-refractivity contribution >= 4 is 5.97 Å². The molecule has 0 radical (unpaired) electrons. The summed E-state index contributed by atoms with van der Waals surface area (Å²) in [7, 11) is 0. The van der Waals surface area contributed by atoms with Crippen molar-refractivity contribution in [3.05, 3.63) is 108 Å². The molecule has 0 amide bonds. The van der Waals surface area contributed by atoms with Crippen molar-refractivity contribution in [2.45, 2.75) is 18.8 Å². The van der Waals surface area contributed by atoms with Crippen LogP contribution in [0.1, 0.15) is 30.0 Å². The molecule has 1 unspecified atom stereocenters. The Kier molecular flexibility index (Phi) is 4.99. The third-order valence-electron chi connectivity index (χ3n) is 4.91. The van der Waals surface area contributed by atoms with Crippen molar-refractivity contribution in [2.24, 2.45) is 5.92 Å². The van der Waals surface area contributed by atoms with Gasteiger partial charge in [-0.25, -0.2) is 0 Å². The van der Waals surface area contributed by atoms with Gasteiger partial charge in [-0.05, 0) is 22.6 Å². The highest BCUT2D eigenvalue weighted by molar-refractivity contribution is 5.68. The van der Waals surface area contributed by atoms with Crippen molar-refractivity contribution in [1.29, 1.82) is 0 Å². The highest BCUT2D eigenvalue weighted by atomic mass is 16.4. The van der Waals surface area contributed by atoms with Crippen LogP contribution in [0.2, 0.25) is 0 Å². The number of aliphatic carboxylic acids is 1. The van der Waals surface area contributed by atoms with Gasteiger partial charge < -0.3 is 5.11 Å². The van der Waals surface area contributed by atoms with E-state index in [0.717, 1.165) is 16.7 Å². The van der Waals surface area contributed by atoms with Crippen LogP contribution in [0.15, 0.2) is 91.0 Å². The summed E-state index contributed by atoms with van der Waals surface area (Å²) in [5, 5.41) is 9.49. The molecule has 0 aliphatic rings. The molecule has 0 aliphatic heterocycles. The molecule has 0 aromatic heterocycles. The van der Waals surface area contributed by atoms with E-state index in [1.807, 2.05) is 61.5 Å². The van der Waals surface area contributed by atoms with E-state index in [0.29, 0.717) is 0 Å². The Morgan fingerprint density at radius 1 is 0.760 bits per heavy atom. The van der Waals surface area contributed by atoms with Crippen molar-refractivity contribution in [3.8, 4) is 0 Å². The SMILES string of the molecule is CC(CC(=O)O)C(c1ccccc1)(c1ccccc1)c1ccccc1. The number of rotatable bonds is 6. The van der Waals surface area contributed by atoms with Crippen LogP contribution in [0.5, 0.6) is 0 Å². The van der Waals surface area contributed by atoms with Crippen molar-refractivity contribution in [1.82, 2.24) is 0 Å². The van der Waals surface area contributed by atoms with Gasteiger partial charge in [0, 0.05) is 11.8 Å². The maximum absolute atomic E-state index is 11.6. The molecule has 0 fully saturated rings. The predicted molar refractivity (Wildman–Crippen MR) is 101 cm³/mol. The average Bonchev–Trinajstić information content (AvgIpc) is 2.64. The van der Waals surface area contributed by atoms with Gasteiger partial charge in [-0.3, -0.25) is 4.79 Å². The smallest absolute Gasteiger partial charge is 0.303 e. The molecule has 126 valence electrons. The maximum Gasteiger partial charge on any atom is 0.303 e. The van der Waals surface area contributed by atoms with Crippen LogP contribution in [-0.2, 0) is 10.2 Å². The molecule has 0 saturated heterocycles. The Balaban J connectivity index is 2.33. The molecule has 2 nitrogen and oxygen atoms in total. The van der Waals surface area contributed by atoms with Crippen molar-refractivity contribution in [3.63, 3.8) is 0 Å². The molecule has 0 aliphatic carbocycles. The van der Waals surface area contributed by atoms with Gasteiger partial charge in [-0.15, -0.1) is 0 Å². The van der Waals surface area contributed by atoms with Gasteiger partial charge in [0.1, 0.15) is 0 Å². The van der Waals surface area contributed by atoms with Gasteiger partial charge >= 0.3 is 5.97 Å². The predicted octanol–water partition coefficient (Wildman–Crippen LogP) is 5.13. The first-order chi connectivity index (χ1) is 12.2. The number of carboxylic acids is 1. The molecule has 0 heterocycles. The van der Waals surface area contributed by atoms with Crippen molar-refractivity contribution < 1.29 is 9.90 Å². The molecule has 0 spiro atoms. The minimum atomic E-state index is -0.778. The topological polar surface area (TPSA) is 37.3 Å². The number of hydrogen-bond acceptors (Lipinski definition) is 1. The summed E-state index contributed by atoms with van der Waals surface area (Å²) in [5.41, 5.74) is 2.82. The van der Waals surface area contributed by atoms with Crippen LogP contribution in [0.25, 0.3) is 0 Å². The summed E-state index contributed by atoms with van der Waals surface area (Å²) >= 11 is 0. The highest BCUT2D eigenvalue weighted by Crippen LogP contribution is 2.46. The van der Waals surface area contributed by atoms with E-state index >= 15 is 0 Å². The Morgan fingerprint density at radius 2 is 1.08 bits per heavy atom. The molecule has 1 atom stereocenters. The maximum atomic E-state index is 11.6. The summed E-state index contributed by atoms with van der Waals surface area (Å²) in [5.74, 6) is -0.892. The highest BCUT2D eigenvalue weighted by Gasteiger charge is 2.42. The number of carboxylic acid groups (broad SMARTS) is 1. The van der Waals surface area contributed by atoms with Crippen molar-refractivity contribution in [2.75, 3.05) is 0 Å². The molecule has 2 heteroatoms. The largest absolute Gasteiger partial charge is 0.481 e. The Hall–Kier alpha value is -2.87. The molecule has 25 heavy (non-hydrogen) atoms. The molecular weight excluding hydrogens is 308 g/mol. The zero-order chi connectivity index (χ0) is 17.7. The summed E-state index contributed by atoms with van der Waals surface area (Å²) in [6.07, 6.45) is 0.0959. The quantitative estimate of drug-likeness (QED) is 0.636. The summed E-state index contributed by atoms with van der Waals surface area (Å²) in [6.45, 7) is 2.03. The molecule has 0 saturated carbocycles. The second-order valence-corrected chi connectivity index (χ2v) is 6.40. The first kappa shape index (κ1) is 17.0. The fourth-order valence-electron chi connectivity index (χ4n) is 3.87. The van der Waals surface area contributed by atoms with Crippen LogP contribution >= 0.6 is 0 Å². The van der Waals surface area contributed by atoms with Crippen LogP contribution in [0.3, 0.4) is 0 Å². The van der Waals surface area contributed by atoms with Crippen LogP contribution in [0.4, 0.5) is 0 Å². The normalized spacial score (nSPS) is 12.5. The van der Waals surface area contributed by atoms with E-state index < -0.39 is 11.4 Å². The van der Waals surface area contributed by atoms with E-state index in [-0.39, 0.29) is 12.3 Å². The van der Waals surface area contributed by atoms with E-state index in [9.17, 15) is 9.90 Å². The lowest BCUT2D eigenvalue weighted by Gasteiger charge is -2.41. The number of carbonyl (C=O) groups is 1. The summed E-state index contributed by atoms with van der Waals surface area (Å²) in [6, 6.07) is 30.7. The van der Waals surface area contributed by atoms with Gasteiger partial charge in [0.15, 0.2) is 0 Å². The lowest BCUT2D eigenvalue weighted by atomic mass is 9.61. The Labute approximate surface area is 148 Å². The first-order valence-electron chi connectivity index (χ1n) is 8.54. The van der Waals surface area contributed by atoms with Gasteiger partial charge in [0.25, 0.3) is 0 Å². The summed E-state index contributed by atoms with van der Waals surface area (Å²) in [4.78, 5) is 11.6. The zero-order valence-corrected chi connectivity index (χ0v) is 14.3. The van der Waals surface area contributed by atoms with Gasteiger partial charge in [0.2, 0.25) is 0 Å². The fourth-order valence-corrected chi connectivity index (χ4v) is 3.87. The fraction of sp³-hybridized carbons (Fsp3) is 0.174. The standard InChI is InChI=1S/C23H22O2/c1-18(17-22(24)25)23(19-11-5-2-6-12-19,20-13-7-3-8-14-20)21-15-9-4-10-16-21/h2-16,18H,17H2,1H3,(H,24,25). The second-order valence-electron chi connectivity index (χ2n) is 6.40. The monoisotopic (exact) mass is 330 g/mol. The third-order valence-corrected chi connectivity index (χ3v) is 4.91. The molecule has 1 N–H and O–H groups in total. The minimum absolute atomic E-state index is 0.0959. The lowest BCUT2D eigenvalue weighted by molar-refractivity contribution is -0.138. The van der Waals surface area contributed by atoms with E-state index in [1.54, 1.807) is 0 Å². The van der Waals surface area contributed by atoms with Crippen LogP contribution in [-0.4, -0.2) is 11.1 Å². The van der Waals surface area contributed by atoms with E-state index in [2.05, 4.69) is 36.4 Å². The third kappa shape index (κ3) is 3.20. The number of benzene rings is 3. The second kappa shape index (κ2) is 7.35. The minimum Gasteiger partial charge on any atom is -0.481 e. The molecule has 3 aromatic rings. The van der Waals surface area contributed by atoms with E-state index in [4.69, 9.17) is 0 Å². The molecular formula is C23H22O2. The average molecular weight is 330 g/mol. The number of hydrogen-bond donors (Lipinski definition) is 1. The lowest BCUT2D eigenvalue weighted by Crippen LogP contribution is -2.37. The van der Waals surface area contributed by atoms with Crippen LogP contribution < -0.4 is 0 Å².